The number of hydrogen-bond acceptors (Lipinski definition) is 4. The molecule has 1 aromatic heterocycles. The van der Waals surface area contributed by atoms with E-state index in [2.05, 4.69) is 10.1 Å². The van der Waals surface area contributed by atoms with Crippen molar-refractivity contribution >= 4 is 23.0 Å². The molecule has 35 heavy (non-hydrogen) atoms. The van der Waals surface area contributed by atoms with Crippen molar-refractivity contribution in [2.45, 2.75) is 37.3 Å². The van der Waals surface area contributed by atoms with Gasteiger partial charge in [0.1, 0.15) is 0 Å². The molecule has 2 aromatic carbocycles. The lowest BCUT2D eigenvalue weighted by Crippen LogP contribution is -2.62. The number of hydrazone groups is 1. The van der Waals surface area contributed by atoms with E-state index in [1.165, 1.54) is 18.2 Å². The largest absolute Gasteiger partial charge is 0.431 e. The van der Waals surface area contributed by atoms with Gasteiger partial charge in [-0.25, -0.2) is 0 Å². The SMILES string of the molecule is Cc1cccnc1-c1ccc(C2CC(C(O)(C(F)(F)F)C(F)(F)F)=NN2c2ccccc2Cl)cc1. The van der Waals surface area contributed by atoms with E-state index < -0.39 is 36.1 Å². The van der Waals surface area contributed by atoms with Crippen molar-refractivity contribution in [3.63, 3.8) is 0 Å². The van der Waals surface area contributed by atoms with Crippen molar-refractivity contribution in [2.75, 3.05) is 5.01 Å². The van der Waals surface area contributed by atoms with Gasteiger partial charge >= 0.3 is 12.4 Å². The van der Waals surface area contributed by atoms with E-state index in [1.54, 1.807) is 42.6 Å². The Hall–Kier alpha value is -3.11. The summed E-state index contributed by atoms with van der Waals surface area (Å²) in [7, 11) is 0. The first-order valence-corrected chi connectivity index (χ1v) is 10.7. The van der Waals surface area contributed by atoms with E-state index in [1.807, 2.05) is 13.0 Å². The number of halogens is 7. The van der Waals surface area contributed by atoms with E-state index in [4.69, 9.17) is 11.6 Å². The molecule has 0 amide bonds. The summed E-state index contributed by atoms with van der Waals surface area (Å²) in [4.78, 5) is 4.31. The van der Waals surface area contributed by atoms with Gasteiger partial charge in [-0.3, -0.25) is 9.99 Å². The highest BCUT2D eigenvalue weighted by Gasteiger charge is 2.74. The fourth-order valence-electron chi connectivity index (χ4n) is 3.99. The smallest absolute Gasteiger partial charge is 0.369 e. The predicted octanol–water partition coefficient (Wildman–Crippen LogP) is 6.87. The maximum Gasteiger partial charge on any atom is 0.431 e. The number of aryl methyl sites for hydroxylation is 1. The summed E-state index contributed by atoms with van der Waals surface area (Å²) in [5.74, 6) is 0. The van der Waals surface area contributed by atoms with E-state index in [0.717, 1.165) is 16.1 Å². The fourth-order valence-corrected chi connectivity index (χ4v) is 4.21. The first kappa shape index (κ1) is 25.0. The zero-order valence-electron chi connectivity index (χ0n) is 18.1. The van der Waals surface area contributed by atoms with Crippen LogP contribution in [-0.4, -0.2) is 33.8 Å². The van der Waals surface area contributed by atoms with Crippen LogP contribution in [0, 0.1) is 6.92 Å². The van der Waals surface area contributed by atoms with E-state index >= 15 is 0 Å². The molecule has 1 unspecified atom stereocenters. The zero-order chi connectivity index (χ0) is 25.6. The maximum atomic E-state index is 13.6. The van der Waals surface area contributed by atoms with Crippen molar-refractivity contribution in [2.24, 2.45) is 5.10 Å². The van der Waals surface area contributed by atoms with Crippen LogP contribution in [0.2, 0.25) is 5.02 Å². The van der Waals surface area contributed by atoms with Gasteiger partial charge < -0.3 is 5.11 Å². The molecule has 1 N–H and O–H groups in total. The number of rotatable bonds is 4. The molecule has 0 saturated carbocycles. The van der Waals surface area contributed by atoms with E-state index in [9.17, 15) is 31.4 Å². The molecule has 0 fully saturated rings. The molecule has 1 aliphatic rings. The minimum absolute atomic E-state index is 0.0748. The van der Waals surface area contributed by atoms with Gasteiger partial charge in [0, 0.05) is 18.2 Å². The summed E-state index contributed by atoms with van der Waals surface area (Å²) < 4.78 is 81.4. The lowest BCUT2D eigenvalue weighted by atomic mass is 9.89. The molecule has 0 aliphatic carbocycles. The summed E-state index contributed by atoms with van der Waals surface area (Å²) in [6.45, 7) is 1.86. The van der Waals surface area contributed by atoms with Gasteiger partial charge in [-0.15, -0.1) is 0 Å². The Morgan fingerprint density at radius 1 is 0.914 bits per heavy atom. The predicted molar refractivity (Wildman–Crippen MR) is 120 cm³/mol. The van der Waals surface area contributed by atoms with Crippen molar-refractivity contribution in [3.8, 4) is 11.3 Å². The second-order valence-corrected chi connectivity index (χ2v) is 8.47. The lowest BCUT2D eigenvalue weighted by Gasteiger charge is -2.32. The summed E-state index contributed by atoms with van der Waals surface area (Å²) >= 11 is 6.20. The van der Waals surface area contributed by atoms with Crippen LogP contribution in [0.1, 0.15) is 23.6 Å². The Kier molecular flexibility index (Phi) is 6.31. The topological polar surface area (TPSA) is 48.7 Å². The number of hydrogen-bond donors (Lipinski definition) is 1. The van der Waals surface area contributed by atoms with Gasteiger partial charge in [0.25, 0.3) is 5.60 Å². The fraction of sp³-hybridized carbons (Fsp3) is 0.250. The van der Waals surface area contributed by atoms with Crippen LogP contribution in [-0.2, 0) is 0 Å². The molecule has 184 valence electrons. The number of nitrogens with zero attached hydrogens (tertiary/aromatic N) is 3. The molecule has 11 heteroatoms. The van der Waals surface area contributed by atoms with E-state index in [0.29, 0.717) is 11.3 Å². The molecule has 4 rings (SSSR count). The second-order valence-electron chi connectivity index (χ2n) is 8.06. The summed E-state index contributed by atoms with van der Waals surface area (Å²) in [5.41, 5.74) is -3.79. The molecule has 0 saturated heterocycles. The lowest BCUT2D eigenvalue weighted by molar-refractivity contribution is -0.338. The molecule has 0 radical (unpaired) electrons. The van der Waals surface area contributed by atoms with Gasteiger partial charge in [-0.05, 0) is 36.2 Å². The highest BCUT2D eigenvalue weighted by molar-refractivity contribution is 6.33. The molecule has 4 nitrogen and oxygen atoms in total. The zero-order valence-corrected chi connectivity index (χ0v) is 18.8. The van der Waals surface area contributed by atoms with Crippen molar-refractivity contribution in [3.05, 3.63) is 83.0 Å². The van der Waals surface area contributed by atoms with Gasteiger partial charge in [0.05, 0.1) is 28.2 Å². The molecule has 0 spiro atoms. The average molecular weight is 514 g/mol. The van der Waals surface area contributed by atoms with Crippen LogP contribution in [0.4, 0.5) is 32.0 Å². The highest BCUT2D eigenvalue weighted by Crippen LogP contribution is 2.49. The molecule has 2 heterocycles. The first-order valence-electron chi connectivity index (χ1n) is 10.3. The molecule has 1 aliphatic heterocycles. The van der Waals surface area contributed by atoms with Crippen molar-refractivity contribution < 1.29 is 31.4 Å². The Balaban J connectivity index is 1.80. The number of aliphatic hydroxyl groups is 1. The number of benzene rings is 2. The molecular weight excluding hydrogens is 496 g/mol. The Labute approximate surface area is 201 Å². The number of pyridine rings is 1. The monoisotopic (exact) mass is 513 g/mol. The molecule has 0 bridgehead atoms. The molecule has 1 atom stereocenters. The quantitative estimate of drug-likeness (QED) is 0.387. The first-order chi connectivity index (χ1) is 16.3. The van der Waals surface area contributed by atoms with Gasteiger partial charge in [-0.2, -0.15) is 31.4 Å². The minimum Gasteiger partial charge on any atom is -0.369 e. The van der Waals surface area contributed by atoms with Crippen molar-refractivity contribution in [1.29, 1.82) is 0 Å². The average Bonchev–Trinajstić information content (AvgIpc) is 3.23. The Bertz CT molecular complexity index is 1240. The number of aromatic nitrogens is 1. The van der Waals surface area contributed by atoms with Gasteiger partial charge in [0.15, 0.2) is 0 Å². The normalized spacial score (nSPS) is 17.0. The van der Waals surface area contributed by atoms with Crippen LogP contribution < -0.4 is 5.01 Å². The summed E-state index contributed by atoms with van der Waals surface area (Å²) in [5, 5.41) is 14.7. The van der Waals surface area contributed by atoms with E-state index in [-0.39, 0.29) is 10.7 Å². The van der Waals surface area contributed by atoms with Gasteiger partial charge in [0.2, 0.25) is 0 Å². The Morgan fingerprint density at radius 3 is 2.11 bits per heavy atom. The van der Waals surface area contributed by atoms with Crippen LogP contribution in [0.15, 0.2) is 72.0 Å². The number of anilines is 1. The molecular formula is C24H18ClF6N3O. The minimum atomic E-state index is -6.04. The second kappa shape index (κ2) is 8.83. The van der Waals surface area contributed by atoms with Crippen LogP contribution in [0.25, 0.3) is 11.3 Å². The maximum absolute atomic E-state index is 13.6. The van der Waals surface area contributed by atoms with Crippen LogP contribution in [0.5, 0.6) is 0 Å². The number of para-hydroxylation sites is 1. The van der Waals surface area contributed by atoms with Gasteiger partial charge in [-0.1, -0.05) is 54.1 Å². The van der Waals surface area contributed by atoms with Crippen LogP contribution in [0.3, 0.4) is 0 Å². The highest BCUT2D eigenvalue weighted by atomic mass is 35.5. The number of alkyl halides is 6. The summed E-state index contributed by atoms with van der Waals surface area (Å²) in [6, 6.07) is 15.0. The third kappa shape index (κ3) is 4.36. The molecule has 3 aromatic rings. The summed E-state index contributed by atoms with van der Waals surface area (Å²) in [6.07, 6.45) is -11.3. The third-order valence-corrected chi connectivity index (χ3v) is 6.15. The van der Waals surface area contributed by atoms with Crippen molar-refractivity contribution in [1.82, 2.24) is 4.98 Å². The van der Waals surface area contributed by atoms with Crippen LogP contribution >= 0.6 is 11.6 Å². The third-order valence-electron chi connectivity index (χ3n) is 5.83. The Morgan fingerprint density at radius 2 is 1.54 bits per heavy atom. The standard InChI is InChI=1S/C24H18ClF6N3O/c1-14-5-4-12-32-21(14)16-10-8-15(9-11-16)19-13-20(22(35,23(26,27)28)24(29,30)31)33-34(19)18-7-3-2-6-17(18)25/h2-12,19,35H,13H2,1H3.